The molecule has 1 saturated heterocycles. The number of aliphatic hydroxyl groups is 1. The number of aliphatic hydroxyl groups excluding tert-OH is 1. The van der Waals surface area contributed by atoms with Gasteiger partial charge in [-0.2, -0.15) is 0 Å². The second-order valence-electron chi connectivity index (χ2n) is 11.5. The first kappa shape index (κ1) is 26.5. The molecule has 210 valence electrons. The minimum Gasteiger partial charge on any atom is -0.392 e. The SMILES string of the molecule is Cc1c(NC2=NC=CC3C=C(CN4CC[C@H](O)C4)C=NC23)cccc1-c1cccc(-c2nc3c(s2)CNCC3)c1C. The number of rotatable bonds is 5. The van der Waals surface area contributed by atoms with Crippen molar-refractivity contribution >= 4 is 29.1 Å². The fraction of sp³-hybridized carbons (Fsp3) is 0.364. The lowest BCUT2D eigenvalue weighted by atomic mass is 9.91. The Morgan fingerprint density at radius 1 is 1.10 bits per heavy atom. The van der Waals surface area contributed by atoms with Crippen LogP contribution in [0.3, 0.4) is 0 Å². The number of likely N-dealkylation sites (tertiary alicyclic amines) is 1. The van der Waals surface area contributed by atoms with E-state index in [4.69, 9.17) is 15.0 Å². The highest BCUT2D eigenvalue weighted by atomic mass is 32.1. The summed E-state index contributed by atoms with van der Waals surface area (Å²) in [6.45, 7) is 8.83. The van der Waals surface area contributed by atoms with Crippen molar-refractivity contribution in [2.75, 3.05) is 31.5 Å². The average Bonchev–Trinajstić information content (AvgIpc) is 3.60. The first-order valence-electron chi connectivity index (χ1n) is 14.6. The third kappa shape index (κ3) is 5.21. The Labute approximate surface area is 245 Å². The Bertz CT molecular complexity index is 1580. The highest BCUT2D eigenvalue weighted by molar-refractivity contribution is 7.15. The quantitative estimate of drug-likeness (QED) is 0.400. The number of nitrogens with one attached hydrogen (secondary N) is 2. The fourth-order valence-corrected chi connectivity index (χ4v) is 7.54. The molecule has 0 amide bonds. The molecule has 3 N–H and O–H groups in total. The summed E-state index contributed by atoms with van der Waals surface area (Å²) < 4.78 is 0. The van der Waals surface area contributed by atoms with Gasteiger partial charge in [0.05, 0.1) is 11.8 Å². The van der Waals surface area contributed by atoms with Crippen LogP contribution in [0.4, 0.5) is 5.69 Å². The summed E-state index contributed by atoms with van der Waals surface area (Å²) in [5, 5.41) is 18.1. The first-order chi connectivity index (χ1) is 20.0. The van der Waals surface area contributed by atoms with E-state index in [1.165, 1.54) is 44.0 Å². The van der Waals surface area contributed by atoms with Crippen LogP contribution in [-0.4, -0.2) is 65.4 Å². The van der Waals surface area contributed by atoms with Crippen LogP contribution in [0.5, 0.6) is 0 Å². The standard InChI is InChI=1S/C33H36N6OS/c1-20-25(5-3-7-27(20)33-38-29-10-12-34-17-30(29)41-33)26-6-4-8-28(21(26)2)37-32-31-23(9-13-35-32)15-22(16-36-31)18-39-14-11-24(40)19-39/h3-9,13,15-16,23-24,31,34,40H,10-12,14,17-19H2,1-2H3,(H,35,37)/t23?,24-,31?/m0/s1. The maximum Gasteiger partial charge on any atom is 0.132 e. The van der Waals surface area contributed by atoms with Crippen molar-refractivity contribution in [2.45, 2.75) is 45.4 Å². The van der Waals surface area contributed by atoms with Gasteiger partial charge < -0.3 is 15.7 Å². The number of dihydropyridines is 1. The summed E-state index contributed by atoms with van der Waals surface area (Å²) in [7, 11) is 0. The summed E-state index contributed by atoms with van der Waals surface area (Å²) in [5.74, 6) is 1.04. The zero-order valence-corrected chi connectivity index (χ0v) is 24.4. The molecule has 1 aromatic heterocycles. The van der Waals surface area contributed by atoms with E-state index in [0.717, 1.165) is 62.1 Å². The molecule has 7 rings (SSSR count). The molecule has 4 aliphatic heterocycles. The normalized spacial score (nSPS) is 23.6. The van der Waals surface area contributed by atoms with Crippen molar-refractivity contribution < 1.29 is 5.11 Å². The second kappa shape index (κ2) is 11.1. The smallest absolute Gasteiger partial charge is 0.132 e. The molecule has 0 spiro atoms. The van der Waals surface area contributed by atoms with Crippen molar-refractivity contribution in [3.8, 4) is 21.7 Å². The van der Waals surface area contributed by atoms with Crippen LogP contribution in [-0.2, 0) is 13.0 Å². The number of amidine groups is 1. The number of hydrogen-bond acceptors (Lipinski definition) is 8. The molecule has 3 atom stereocenters. The average molecular weight is 565 g/mol. The van der Waals surface area contributed by atoms with Gasteiger partial charge in [0, 0.05) is 73.6 Å². The van der Waals surface area contributed by atoms with Gasteiger partial charge in [0.25, 0.3) is 0 Å². The molecule has 0 bridgehead atoms. The summed E-state index contributed by atoms with van der Waals surface area (Å²) in [4.78, 5) is 18.3. The second-order valence-corrected chi connectivity index (χ2v) is 12.6. The molecule has 0 aliphatic carbocycles. The molecule has 41 heavy (non-hydrogen) atoms. The monoisotopic (exact) mass is 564 g/mol. The molecule has 1 fully saturated rings. The summed E-state index contributed by atoms with van der Waals surface area (Å²) in [6, 6.07) is 13.0. The number of aromatic nitrogens is 1. The number of β-amino-alcohol motifs (C(OH)–C–C–N with tert-alkyl or cyclic N) is 1. The maximum atomic E-state index is 9.88. The van der Waals surface area contributed by atoms with Gasteiger partial charge in [-0.3, -0.25) is 9.89 Å². The molecule has 0 saturated carbocycles. The number of hydrogen-bond donors (Lipinski definition) is 3. The van der Waals surface area contributed by atoms with E-state index in [1.807, 2.05) is 23.8 Å². The van der Waals surface area contributed by atoms with Gasteiger partial charge in [-0.05, 0) is 54.2 Å². The largest absolute Gasteiger partial charge is 0.392 e. The topological polar surface area (TPSA) is 85.1 Å². The van der Waals surface area contributed by atoms with Gasteiger partial charge in [0.2, 0.25) is 0 Å². The van der Waals surface area contributed by atoms with Crippen LogP contribution < -0.4 is 10.6 Å². The zero-order valence-electron chi connectivity index (χ0n) is 23.6. The molecule has 5 heterocycles. The lowest BCUT2D eigenvalue weighted by Gasteiger charge is -2.29. The highest BCUT2D eigenvalue weighted by Crippen LogP contribution is 2.38. The molecule has 0 radical (unpaired) electrons. The van der Waals surface area contributed by atoms with Crippen LogP contribution in [0.15, 0.2) is 70.3 Å². The molecular weight excluding hydrogens is 528 g/mol. The van der Waals surface area contributed by atoms with Gasteiger partial charge >= 0.3 is 0 Å². The Balaban J connectivity index is 1.12. The lowest BCUT2D eigenvalue weighted by Crippen LogP contribution is -2.36. The number of anilines is 1. The lowest BCUT2D eigenvalue weighted by molar-refractivity contribution is 0.179. The van der Waals surface area contributed by atoms with Crippen LogP contribution in [0, 0.1) is 19.8 Å². The van der Waals surface area contributed by atoms with Gasteiger partial charge in [0.15, 0.2) is 0 Å². The van der Waals surface area contributed by atoms with Crippen LogP contribution in [0.25, 0.3) is 21.7 Å². The Morgan fingerprint density at radius 2 is 1.93 bits per heavy atom. The Hall–Kier alpha value is -3.43. The zero-order chi connectivity index (χ0) is 27.9. The Morgan fingerprint density at radius 3 is 2.76 bits per heavy atom. The van der Waals surface area contributed by atoms with Gasteiger partial charge in [-0.15, -0.1) is 11.3 Å². The number of nitrogens with zero attached hydrogens (tertiary/aromatic N) is 4. The number of aliphatic imine (C=N–C) groups is 2. The molecule has 4 aliphatic rings. The van der Waals surface area contributed by atoms with Crippen LogP contribution in [0.1, 0.15) is 28.1 Å². The summed E-state index contributed by atoms with van der Waals surface area (Å²) in [6.07, 6.45) is 9.98. The molecule has 2 aromatic carbocycles. The van der Waals surface area contributed by atoms with E-state index < -0.39 is 0 Å². The Kier molecular flexibility index (Phi) is 7.16. The fourth-order valence-electron chi connectivity index (χ4n) is 6.38. The van der Waals surface area contributed by atoms with E-state index in [9.17, 15) is 5.11 Å². The number of thiazole rings is 1. The van der Waals surface area contributed by atoms with Gasteiger partial charge in [0.1, 0.15) is 16.9 Å². The van der Waals surface area contributed by atoms with Gasteiger partial charge in [-0.1, -0.05) is 42.5 Å². The van der Waals surface area contributed by atoms with Crippen LogP contribution >= 0.6 is 11.3 Å². The van der Waals surface area contributed by atoms with E-state index in [0.29, 0.717) is 0 Å². The predicted octanol–water partition coefficient (Wildman–Crippen LogP) is 5.14. The van der Waals surface area contributed by atoms with Crippen LogP contribution in [0.2, 0.25) is 0 Å². The molecule has 2 unspecified atom stereocenters. The molecular formula is C33H36N6OS. The third-order valence-corrected chi connectivity index (χ3v) is 9.81. The van der Waals surface area contributed by atoms with E-state index >= 15 is 0 Å². The molecule has 3 aromatic rings. The van der Waals surface area contributed by atoms with Crippen molar-refractivity contribution in [3.63, 3.8) is 0 Å². The predicted molar refractivity (Wildman–Crippen MR) is 169 cm³/mol. The minimum atomic E-state index is -0.207. The van der Waals surface area contributed by atoms with E-state index in [1.54, 1.807) is 0 Å². The third-order valence-electron chi connectivity index (χ3n) is 8.68. The van der Waals surface area contributed by atoms with Crippen molar-refractivity contribution in [3.05, 3.63) is 82.0 Å². The van der Waals surface area contributed by atoms with Crippen molar-refractivity contribution in [1.29, 1.82) is 0 Å². The molecule has 7 nitrogen and oxygen atoms in total. The number of benzene rings is 2. The van der Waals surface area contributed by atoms with Crippen molar-refractivity contribution in [1.82, 2.24) is 15.2 Å². The minimum absolute atomic E-state index is 0.0635. The van der Waals surface area contributed by atoms with E-state index in [2.05, 4.69) is 77.9 Å². The molecule has 8 heteroatoms. The highest BCUT2D eigenvalue weighted by Gasteiger charge is 2.29. The number of fused-ring (bicyclic) bond motifs is 2. The maximum absolute atomic E-state index is 9.88. The first-order valence-corrected chi connectivity index (χ1v) is 15.4. The summed E-state index contributed by atoms with van der Waals surface area (Å²) >= 11 is 1.82. The van der Waals surface area contributed by atoms with Crippen molar-refractivity contribution in [2.24, 2.45) is 15.9 Å². The van der Waals surface area contributed by atoms with Gasteiger partial charge in [-0.25, -0.2) is 9.98 Å². The van der Waals surface area contributed by atoms with E-state index in [-0.39, 0.29) is 18.1 Å². The summed E-state index contributed by atoms with van der Waals surface area (Å²) in [5.41, 5.74) is 9.60.